The summed E-state index contributed by atoms with van der Waals surface area (Å²) in [5.74, 6) is -2.56. The van der Waals surface area contributed by atoms with Gasteiger partial charge in [0.15, 0.2) is 0 Å². The number of carbonyl (C=O) groups excluding carboxylic acids is 1. The number of anilines is 3. The number of alkyl halides is 2. The lowest BCUT2D eigenvalue weighted by molar-refractivity contribution is -0.0116. The highest BCUT2D eigenvalue weighted by Gasteiger charge is 2.35. The lowest BCUT2D eigenvalue weighted by Crippen LogP contribution is -2.42. The second-order valence-corrected chi connectivity index (χ2v) is 7.22. The zero-order valence-electron chi connectivity index (χ0n) is 15.3. The second kappa shape index (κ2) is 7.67. The molecule has 2 aliphatic rings. The van der Waals surface area contributed by atoms with Crippen LogP contribution in [0, 0.1) is 0 Å². The quantitative estimate of drug-likeness (QED) is 0.660. The molecule has 1 aliphatic heterocycles. The molecule has 9 heteroatoms. The van der Waals surface area contributed by atoms with Crippen LogP contribution >= 0.6 is 0 Å². The summed E-state index contributed by atoms with van der Waals surface area (Å²) in [6, 6.07) is 7.56. The second-order valence-electron chi connectivity index (χ2n) is 7.22. The molecule has 1 aromatic heterocycles. The van der Waals surface area contributed by atoms with E-state index in [4.69, 9.17) is 0 Å². The van der Waals surface area contributed by atoms with E-state index in [1.54, 1.807) is 29.2 Å². The van der Waals surface area contributed by atoms with E-state index in [0.29, 0.717) is 30.5 Å². The highest BCUT2D eigenvalue weighted by Crippen LogP contribution is 2.30. The fourth-order valence-corrected chi connectivity index (χ4v) is 3.05. The molecule has 0 bridgehead atoms. The Bertz CT molecular complexity index is 823. The molecule has 7 nitrogen and oxygen atoms in total. The van der Waals surface area contributed by atoms with Crippen LogP contribution in [0.3, 0.4) is 0 Å². The maximum atomic E-state index is 13.6. The Hall–Kier alpha value is -2.81. The predicted octanol–water partition coefficient (Wildman–Crippen LogP) is 2.85. The number of benzene rings is 1. The van der Waals surface area contributed by atoms with Gasteiger partial charge in [0, 0.05) is 42.8 Å². The summed E-state index contributed by atoms with van der Waals surface area (Å²) in [5.41, 5.74) is 7.41. The third kappa shape index (κ3) is 4.72. The molecule has 0 atom stereocenters. The molecule has 0 unspecified atom stereocenters. The predicted molar refractivity (Wildman–Crippen MR) is 102 cm³/mol. The van der Waals surface area contributed by atoms with Crippen molar-refractivity contribution in [3.8, 4) is 0 Å². The van der Waals surface area contributed by atoms with Crippen LogP contribution in [0.2, 0.25) is 0 Å². The van der Waals surface area contributed by atoms with Gasteiger partial charge in [0.05, 0.1) is 12.1 Å². The van der Waals surface area contributed by atoms with Crippen LogP contribution in [0.25, 0.3) is 0 Å². The zero-order chi connectivity index (χ0) is 19.6. The minimum atomic E-state index is -2.63. The normalized spacial score (nSPS) is 18.6. The van der Waals surface area contributed by atoms with Gasteiger partial charge in [-0.15, -0.1) is 0 Å². The smallest absolute Gasteiger partial charge is 0.268 e. The number of hydrogen-bond donors (Lipinski definition) is 3. The van der Waals surface area contributed by atoms with Crippen molar-refractivity contribution in [3.05, 3.63) is 42.2 Å². The molecule has 1 amide bonds. The molecule has 2 fully saturated rings. The number of nitrogens with zero attached hydrogens (tertiary/aromatic N) is 3. The fourth-order valence-electron chi connectivity index (χ4n) is 3.05. The molecule has 0 radical (unpaired) electrons. The Morgan fingerprint density at radius 3 is 2.50 bits per heavy atom. The van der Waals surface area contributed by atoms with E-state index < -0.39 is 5.92 Å². The number of amides is 1. The van der Waals surface area contributed by atoms with Crippen molar-refractivity contribution in [1.82, 2.24) is 20.8 Å². The average molecular weight is 388 g/mol. The van der Waals surface area contributed by atoms with Crippen molar-refractivity contribution in [3.63, 3.8) is 0 Å². The van der Waals surface area contributed by atoms with E-state index in [1.165, 1.54) is 12.4 Å². The Morgan fingerprint density at radius 2 is 1.86 bits per heavy atom. The van der Waals surface area contributed by atoms with Crippen LogP contribution in [-0.2, 0) is 0 Å². The van der Waals surface area contributed by atoms with Gasteiger partial charge in [-0.1, -0.05) is 0 Å². The first kappa shape index (κ1) is 18.5. The Labute approximate surface area is 161 Å². The maximum absolute atomic E-state index is 13.6. The van der Waals surface area contributed by atoms with Gasteiger partial charge in [-0.3, -0.25) is 10.2 Å². The van der Waals surface area contributed by atoms with Gasteiger partial charge in [0.25, 0.3) is 11.8 Å². The molecular weight excluding hydrogens is 366 g/mol. The highest BCUT2D eigenvalue weighted by atomic mass is 19.3. The number of carbonyl (C=O) groups is 1. The van der Waals surface area contributed by atoms with Crippen molar-refractivity contribution in [2.75, 3.05) is 23.3 Å². The van der Waals surface area contributed by atoms with Gasteiger partial charge in [0.2, 0.25) is 5.95 Å². The molecule has 1 saturated heterocycles. The van der Waals surface area contributed by atoms with Gasteiger partial charge < -0.3 is 10.2 Å². The summed E-state index contributed by atoms with van der Waals surface area (Å²) < 4.78 is 27.2. The van der Waals surface area contributed by atoms with E-state index in [1.807, 2.05) is 0 Å². The Balaban J connectivity index is 1.34. The lowest BCUT2D eigenvalue weighted by Gasteiger charge is -2.34. The largest absolute Gasteiger partial charge is 0.365 e. The third-order valence-corrected chi connectivity index (χ3v) is 4.76. The molecule has 1 aliphatic carbocycles. The van der Waals surface area contributed by atoms with Gasteiger partial charge in [-0.05, 0) is 43.5 Å². The first-order valence-electron chi connectivity index (χ1n) is 9.36. The molecule has 0 spiro atoms. The van der Waals surface area contributed by atoms with Gasteiger partial charge in [0.1, 0.15) is 0 Å². The maximum Gasteiger partial charge on any atom is 0.268 e. The minimum absolute atomic E-state index is 0.0505. The van der Waals surface area contributed by atoms with Crippen LogP contribution < -0.4 is 21.1 Å². The topological polar surface area (TPSA) is 82.2 Å². The summed E-state index contributed by atoms with van der Waals surface area (Å²) in [6.45, 7) is 0.382. The Kier molecular flexibility index (Phi) is 5.08. The molecule has 1 saturated carbocycles. The number of hydrazine groups is 1. The van der Waals surface area contributed by atoms with E-state index in [0.717, 1.165) is 24.2 Å². The van der Waals surface area contributed by atoms with Crippen molar-refractivity contribution >= 4 is 23.2 Å². The molecule has 148 valence electrons. The number of aromatic nitrogens is 2. The molecule has 1 aromatic carbocycles. The summed E-state index contributed by atoms with van der Waals surface area (Å²) >= 11 is 0. The standard InChI is InChI=1S/C19H22F2N6O/c20-19(21)8-1-9-27(12-19)16-6-4-14(5-7-16)24-18-22-10-13(11-23-18)17(28)26-25-15-2-3-15/h4-7,10-11,15,25H,1-3,8-9,12H2,(H,26,28)(H,22,23,24). The molecular formula is C19H22F2N6O. The van der Waals surface area contributed by atoms with E-state index in [9.17, 15) is 13.6 Å². The van der Waals surface area contributed by atoms with Crippen molar-refractivity contribution in [1.29, 1.82) is 0 Å². The number of piperidine rings is 1. The summed E-state index contributed by atoms with van der Waals surface area (Å²) in [5, 5.41) is 3.04. The zero-order valence-corrected chi connectivity index (χ0v) is 15.3. The van der Waals surface area contributed by atoms with Crippen LogP contribution in [0.1, 0.15) is 36.0 Å². The molecule has 2 aromatic rings. The molecule has 2 heterocycles. The number of nitrogens with one attached hydrogen (secondary N) is 3. The van der Waals surface area contributed by atoms with E-state index in [2.05, 4.69) is 26.1 Å². The van der Waals surface area contributed by atoms with Crippen LogP contribution in [0.5, 0.6) is 0 Å². The SMILES string of the molecule is O=C(NNC1CC1)c1cnc(Nc2ccc(N3CCCC(F)(F)C3)cc2)nc1. The first-order valence-corrected chi connectivity index (χ1v) is 9.36. The highest BCUT2D eigenvalue weighted by molar-refractivity contribution is 5.93. The molecule has 3 N–H and O–H groups in total. The number of rotatable bonds is 6. The lowest BCUT2D eigenvalue weighted by atomic mass is 10.1. The Morgan fingerprint density at radius 1 is 1.14 bits per heavy atom. The first-order chi connectivity index (χ1) is 13.5. The average Bonchev–Trinajstić information content (AvgIpc) is 3.51. The molecule has 4 rings (SSSR count). The van der Waals surface area contributed by atoms with Crippen LogP contribution in [0.15, 0.2) is 36.7 Å². The fraction of sp³-hybridized carbons (Fsp3) is 0.421. The summed E-state index contributed by atoms with van der Waals surface area (Å²) in [6.07, 6.45) is 5.46. The van der Waals surface area contributed by atoms with Crippen molar-refractivity contribution in [2.45, 2.75) is 37.6 Å². The van der Waals surface area contributed by atoms with Gasteiger partial charge >= 0.3 is 0 Å². The van der Waals surface area contributed by atoms with Gasteiger partial charge in [-0.25, -0.2) is 24.2 Å². The van der Waals surface area contributed by atoms with Gasteiger partial charge in [-0.2, -0.15) is 0 Å². The minimum Gasteiger partial charge on any atom is -0.365 e. The summed E-state index contributed by atoms with van der Waals surface area (Å²) in [4.78, 5) is 21.9. The number of halogens is 2. The van der Waals surface area contributed by atoms with E-state index >= 15 is 0 Å². The number of hydrogen-bond acceptors (Lipinski definition) is 6. The monoisotopic (exact) mass is 388 g/mol. The molecule has 28 heavy (non-hydrogen) atoms. The van der Waals surface area contributed by atoms with E-state index in [-0.39, 0.29) is 18.9 Å². The van der Waals surface area contributed by atoms with Crippen molar-refractivity contribution in [2.24, 2.45) is 0 Å². The van der Waals surface area contributed by atoms with Crippen LogP contribution in [0.4, 0.5) is 26.1 Å². The summed E-state index contributed by atoms with van der Waals surface area (Å²) in [7, 11) is 0. The van der Waals surface area contributed by atoms with Crippen molar-refractivity contribution < 1.29 is 13.6 Å². The van der Waals surface area contributed by atoms with Crippen LogP contribution in [-0.4, -0.2) is 40.9 Å². The third-order valence-electron chi connectivity index (χ3n) is 4.76.